The molecule has 2 heterocycles. The molecular weight excluding hydrogens is 374 g/mol. The number of nitrogens with zero attached hydrogens (tertiary/aromatic N) is 4. The fourth-order valence-corrected chi connectivity index (χ4v) is 4.72. The van der Waals surface area contributed by atoms with Gasteiger partial charge in [0.1, 0.15) is 5.01 Å². The molecule has 1 atom stereocenters. The molecule has 1 aromatic heterocycles. The van der Waals surface area contributed by atoms with Gasteiger partial charge in [0.25, 0.3) is 10.2 Å². The third kappa shape index (κ3) is 4.09. The molecule has 0 bridgehead atoms. The first-order valence-corrected chi connectivity index (χ1v) is 10.5. The fraction of sp³-hybridized carbons (Fsp3) is 0.438. The summed E-state index contributed by atoms with van der Waals surface area (Å²) in [4.78, 5) is 12.5. The Morgan fingerprint density at radius 3 is 2.69 bits per heavy atom. The average Bonchev–Trinajstić information content (AvgIpc) is 3.11. The number of carbonyl (C=O) groups excluding carboxylic acids is 1. The van der Waals surface area contributed by atoms with Gasteiger partial charge in [-0.15, -0.1) is 10.2 Å². The number of piperidine rings is 1. The van der Waals surface area contributed by atoms with Gasteiger partial charge in [-0.3, -0.25) is 4.79 Å². The van der Waals surface area contributed by atoms with E-state index in [0.717, 1.165) is 10.6 Å². The summed E-state index contributed by atoms with van der Waals surface area (Å²) in [7, 11) is -0.527. The molecule has 1 saturated heterocycles. The predicted octanol–water partition coefficient (Wildman–Crippen LogP) is 1.66. The van der Waals surface area contributed by atoms with E-state index in [1.54, 1.807) is 0 Å². The molecule has 1 aromatic carbocycles. The van der Waals surface area contributed by atoms with Crippen molar-refractivity contribution in [2.24, 2.45) is 5.92 Å². The van der Waals surface area contributed by atoms with Crippen LogP contribution in [0.1, 0.15) is 12.8 Å². The molecule has 10 heteroatoms. The van der Waals surface area contributed by atoms with Crippen LogP contribution in [0, 0.1) is 5.92 Å². The Labute approximate surface area is 157 Å². The highest BCUT2D eigenvalue weighted by Crippen LogP contribution is 2.27. The van der Waals surface area contributed by atoms with Crippen molar-refractivity contribution in [3.05, 3.63) is 30.3 Å². The largest absolute Gasteiger partial charge is 0.300 e. The summed E-state index contributed by atoms with van der Waals surface area (Å²) in [6.07, 6.45) is 1.30. The van der Waals surface area contributed by atoms with Gasteiger partial charge in [-0.25, -0.2) is 0 Å². The average molecular weight is 396 g/mol. The van der Waals surface area contributed by atoms with E-state index >= 15 is 0 Å². The lowest BCUT2D eigenvalue weighted by atomic mass is 9.99. The third-order valence-corrected chi connectivity index (χ3v) is 7.01. The molecule has 1 aliphatic heterocycles. The lowest BCUT2D eigenvalue weighted by molar-refractivity contribution is -0.120. The lowest BCUT2D eigenvalue weighted by Crippen LogP contribution is -2.47. The Morgan fingerprint density at radius 1 is 1.27 bits per heavy atom. The third-order valence-electron chi connectivity index (χ3n) is 4.22. The Kier molecular flexibility index (Phi) is 5.66. The first-order valence-electron chi connectivity index (χ1n) is 8.25. The van der Waals surface area contributed by atoms with E-state index in [-0.39, 0.29) is 12.5 Å². The molecule has 8 nitrogen and oxygen atoms in total. The summed E-state index contributed by atoms with van der Waals surface area (Å²) in [6.45, 7) is 0.609. The van der Waals surface area contributed by atoms with Crippen molar-refractivity contribution in [3.8, 4) is 10.6 Å². The molecule has 140 valence electrons. The molecule has 2 aromatic rings. The van der Waals surface area contributed by atoms with Gasteiger partial charge in [0.15, 0.2) is 0 Å². The van der Waals surface area contributed by atoms with Gasteiger partial charge in [-0.2, -0.15) is 17.0 Å². The zero-order chi connectivity index (χ0) is 18.7. The smallest absolute Gasteiger partial charge is 0.281 e. The molecule has 3 rings (SSSR count). The first kappa shape index (κ1) is 18.9. The van der Waals surface area contributed by atoms with Crippen LogP contribution in [0.5, 0.6) is 0 Å². The molecule has 1 aliphatic rings. The second kappa shape index (κ2) is 7.78. The lowest BCUT2D eigenvalue weighted by Gasteiger charge is -2.32. The number of rotatable bonds is 5. The van der Waals surface area contributed by atoms with Crippen molar-refractivity contribution in [1.29, 1.82) is 0 Å². The summed E-state index contributed by atoms with van der Waals surface area (Å²) in [5.41, 5.74) is 0.936. The Bertz CT molecular complexity index is 867. The van der Waals surface area contributed by atoms with Gasteiger partial charge in [-0.1, -0.05) is 41.7 Å². The van der Waals surface area contributed by atoms with E-state index in [1.165, 1.54) is 34.0 Å². The quantitative estimate of drug-likeness (QED) is 0.831. The zero-order valence-electron chi connectivity index (χ0n) is 14.6. The maximum absolute atomic E-state index is 12.5. The number of hydrogen-bond donors (Lipinski definition) is 1. The van der Waals surface area contributed by atoms with E-state index in [2.05, 4.69) is 15.5 Å². The summed E-state index contributed by atoms with van der Waals surface area (Å²) in [5, 5.41) is 12.0. The van der Waals surface area contributed by atoms with Crippen LogP contribution in [-0.4, -0.2) is 60.3 Å². The minimum absolute atomic E-state index is 0.177. The minimum atomic E-state index is -3.51. The molecule has 0 spiro atoms. The molecule has 1 fully saturated rings. The van der Waals surface area contributed by atoms with Crippen molar-refractivity contribution >= 4 is 32.6 Å². The topological polar surface area (TPSA) is 95.5 Å². The van der Waals surface area contributed by atoms with E-state index < -0.39 is 16.1 Å². The molecular formula is C16H21N5O3S2. The number of hydrogen-bond acceptors (Lipinski definition) is 6. The molecule has 1 N–H and O–H groups in total. The Balaban J connectivity index is 1.66. The highest BCUT2D eigenvalue weighted by atomic mass is 32.2. The summed E-state index contributed by atoms with van der Waals surface area (Å²) < 4.78 is 27.1. The summed E-state index contributed by atoms with van der Waals surface area (Å²) in [5.74, 6) is -0.623. The second-order valence-corrected chi connectivity index (χ2v) is 9.37. The standard InChI is InChI=1S/C16H21N5O3S2/c1-20(2)26(23,24)21-10-6-9-13(11-21)14(22)17-16-19-18-15(25-16)12-7-4-3-5-8-12/h3-5,7-8,13H,6,9-11H2,1-2H3,(H,17,19,22)/t13-/m1/s1. The van der Waals surface area contributed by atoms with E-state index in [9.17, 15) is 13.2 Å². The predicted molar refractivity (Wildman–Crippen MR) is 101 cm³/mol. The summed E-state index contributed by atoms with van der Waals surface area (Å²) >= 11 is 1.30. The van der Waals surface area contributed by atoms with Crippen LogP contribution in [0.15, 0.2) is 30.3 Å². The number of benzene rings is 1. The monoisotopic (exact) mass is 395 g/mol. The summed E-state index contributed by atoms with van der Waals surface area (Å²) in [6, 6.07) is 9.60. The van der Waals surface area contributed by atoms with Gasteiger partial charge in [-0.05, 0) is 12.8 Å². The van der Waals surface area contributed by atoms with Crippen LogP contribution in [0.4, 0.5) is 5.13 Å². The van der Waals surface area contributed by atoms with E-state index in [4.69, 9.17) is 0 Å². The van der Waals surface area contributed by atoms with E-state index in [1.807, 2.05) is 30.3 Å². The van der Waals surface area contributed by atoms with Crippen molar-refractivity contribution in [2.75, 3.05) is 32.5 Å². The van der Waals surface area contributed by atoms with Crippen LogP contribution >= 0.6 is 11.3 Å². The van der Waals surface area contributed by atoms with Crippen LogP contribution in [0.25, 0.3) is 10.6 Å². The maximum atomic E-state index is 12.5. The number of carbonyl (C=O) groups is 1. The molecule has 26 heavy (non-hydrogen) atoms. The van der Waals surface area contributed by atoms with Gasteiger partial charge in [0, 0.05) is 32.7 Å². The second-order valence-electron chi connectivity index (χ2n) is 6.25. The zero-order valence-corrected chi connectivity index (χ0v) is 16.3. The first-order chi connectivity index (χ1) is 12.4. The van der Waals surface area contributed by atoms with Crippen molar-refractivity contribution in [1.82, 2.24) is 18.8 Å². The Morgan fingerprint density at radius 2 is 2.00 bits per heavy atom. The van der Waals surface area contributed by atoms with Gasteiger partial charge in [0.05, 0.1) is 5.92 Å². The number of amides is 1. The van der Waals surface area contributed by atoms with Gasteiger partial charge in [0.2, 0.25) is 11.0 Å². The maximum Gasteiger partial charge on any atom is 0.281 e. The fourth-order valence-electron chi connectivity index (χ4n) is 2.78. The molecule has 0 aliphatic carbocycles. The minimum Gasteiger partial charge on any atom is -0.300 e. The van der Waals surface area contributed by atoms with E-state index in [0.29, 0.717) is 24.5 Å². The van der Waals surface area contributed by atoms with Crippen molar-refractivity contribution < 1.29 is 13.2 Å². The molecule has 0 radical (unpaired) electrons. The van der Waals surface area contributed by atoms with Gasteiger partial charge >= 0.3 is 0 Å². The van der Waals surface area contributed by atoms with Crippen LogP contribution < -0.4 is 5.32 Å². The van der Waals surface area contributed by atoms with Crippen LogP contribution in [0.2, 0.25) is 0 Å². The highest BCUT2D eigenvalue weighted by molar-refractivity contribution is 7.86. The SMILES string of the molecule is CN(C)S(=O)(=O)N1CCC[C@@H](C(=O)Nc2nnc(-c3ccccc3)s2)C1. The molecule has 1 amide bonds. The Hall–Kier alpha value is -1.88. The normalized spacial score (nSPS) is 18.8. The number of anilines is 1. The van der Waals surface area contributed by atoms with Gasteiger partial charge < -0.3 is 5.32 Å². The molecule has 0 unspecified atom stereocenters. The van der Waals surface area contributed by atoms with Crippen molar-refractivity contribution in [3.63, 3.8) is 0 Å². The number of aromatic nitrogens is 2. The number of nitrogens with one attached hydrogen (secondary N) is 1. The van der Waals surface area contributed by atoms with Crippen LogP contribution in [-0.2, 0) is 15.0 Å². The van der Waals surface area contributed by atoms with Crippen molar-refractivity contribution in [2.45, 2.75) is 12.8 Å². The molecule has 0 saturated carbocycles. The highest BCUT2D eigenvalue weighted by Gasteiger charge is 2.33. The van der Waals surface area contributed by atoms with Crippen LogP contribution in [0.3, 0.4) is 0 Å².